The van der Waals surface area contributed by atoms with Crippen LogP contribution in [0, 0.1) is 0 Å². The van der Waals surface area contributed by atoms with Crippen LogP contribution in [0.25, 0.3) is 0 Å². The maximum Gasteiger partial charge on any atom is 0.104 e. The Bertz CT molecular complexity index is 646. The van der Waals surface area contributed by atoms with Crippen molar-refractivity contribution in [1.82, 2.24) is 0 Å². The monoisotopic (exact) mass is 364 g/mol. The first-order valence-corrected chi connectivity index (χ1v) is 7.75. The first-order valence-electron chi connectivity index (χ1n) is 6.55. The van der Waals surface area contributed by atoms with Crippen molar-refractivity contribution in [3.8, 4) is 0 Å². The van der Waals surface area contributed by atoms with Gasteiger partial charge < -0.3 is 15.8 Å². The van der Waals surface area contributed by atoms with Crippen molar-refractivity contribution in [2.75, 3.05) is 19.0 Å². The molecule has 0 saturated carbocycles. The number of nitrogens with one attached hydrogen (secondary N) is 1. The van der Waals surface area contributed by atoms with Gasteiger partial charge in [0.05, 0.1) is 12.3 Å². The zero-order chi connectivity index (χ0) is 15.2. The molecule has 0 unspecified atom stereocenters. The van der Waals surface area contributed by atoms with Crippen LogP contribution in [0.2, 0.25) is 0 Å². The van der Waals surface area contributed by atoms with Crippen LogP contribution in [0.15, 0.2) is 46.9 Å². The normalized spacial score (nSPS) is 10.4. The van der Waals surface area contributed by atoms with Gasteiger partial charge in [-0.05, 0) is 52.2 Å². The number of ether oxygens (including phenoxy) is 1. The summed E-state index contributed by atoms with van der Waals surface area (Å²) in [4.78, 5) is 0.391. The van der Waals surface area contributed by atoms with Gasteiger partial charge in [-0.1, -0.05) is 30.4 Å². The number of halogens is 1. The summed E-state index contributed by atoms with van der Waals surface area (Å²) in [5.74, 6) is 0. The molecule has 0 amide bonds. The predicted molar refractivity (Wildman–Crippen MR) is 95.3 cm³/mol. The molecule has 0 aromatic heterocycles. The molecule has 5 heteroatoms. The number of hydrogen-bond acceptors (Lipinski definition) is 3. The summed E-state index contributed by atoms with van der Waals surface area (Å²) >= 11 is 8.53. The van der Waals surface area contributed by atoms with E-state index in [-0.39, 0.29) is 0 Å². The fraction of sp³-hybridized carbons (Fsp3) is 0.188. The standard InChI is InChI=1S/C16H17BrN2OS/c1-20-9-8-11-4-2-3-5-14(11)19-15-7-6-12(16(18)21)10-13(15)17/h2-7,10,19H,8-9H2,1H3,(H2,18,21). The number of thiocarbonyl (C=S) groups is 1. The summed E-state index contributed by atoms with van der Waals surface area (Å²) in [5.41, 5.74) is 9.74. The molecule has 3 N–H and O–H groups in total. The second kappa shape index (κ2) is 7.54. The van der Waals surface area contributed by atoms with E-state index in [0.717, 1.165) is 27.8 Å². The molecule has 0 saturated heterocycles. The molecule has 3 nitrogen and oxygen atoms in total. The zero-order valence-corrected chi connectivity index (χ0v) is 14.1. The topological polar surface area (TPSA) is 47.3 Å². The fourth-order valence-corrected chi connectivity index (χ4v) is 2.59. The minimum atomic E-state index is 0.391. The van der Waals surface area contributed by atoms with Crippen LogP contribution in [0.1, 0.15) is 11.1 Å². The number of anilines is 2. The zero-order valence-electron chi connectivity index (χ0n) is 11.7. The van der Waals surface area contributed by atoms with Crippen molar-refractivity contribution in [3.63, 3.8) is 0 Å². The second-order valence-corrected chi connectivity index (χ2v) is 5.88. The van der Waals surface area contributed by atoms with Gasteiger partial charge in [0.1, 0.15) is 4.99 Å². The molecule has 0 bridgehead atoms. The molecule has 0 fully saturated rings. The highest BCUT2D eigenvalue weighted by molar-refractivity contribution is 9.10. The number of methoxy groups -OCH3 is 1. The summed E-state index contributed by atoms with van der Waals surface area (Å²) in [6.45, 7) is 0.695. The Morgan fingerprint density at radius 2 is 2.00 bits per heavy atom. The Hall–Kier alpha value is -1.43. The van der Waals surface area contributed by atoms with Crippen molar-refractivity contribution in [1.29, 1.82) is 0 Å². The van der Waals surface area contributed by atoms with Gasteiger partial charge in [-0.2, -0.15) is 0 Å². The van der Waals surface area contributed by atoms with Crippen LogP contribution in [-0.4, -0.2) is 18.7 Å². The van der Waals surface area contributed by atoms with Crippen molar-refractivity contribution in [2.24, 2.45) is 5.73 Å². The third-order valence-electron chi connectivity index (χ3n) is 3.12. The van der Waals surface area contributed by atoms with Crippen LogP contribution < -0.4 is 11.1 Å². The third kappa shape index (κ3) is 4.27. The van der Waals surface area contributed by atoms with E-state index in [0.29, 0.717) is 11.6 Å². The fourth-order valence-electron chi connectivity index (χ4n) is 1.99. The van der Waals surface area contributed by atoms with Gasteiger partial charge in [0, 0.05) is 22.8 Å². The molecule has 0 heterocycles. The molecule has 0 radical (unpaired) electrons. The van der Waals surface area contributed by atoms with E-state index < -0.39 is 0 Å². The lowest BCUT2D eigenvalue weighted by atomic mass is 10.1. The maximum absolute atomic E-state index is 5.64. The quantitative estimate of drug-likeness (QED) is 0.760. The number of rotatable bonds is 6. The lowest BCUT2D eigenvalue weighted by Crippen LogP contribution is -2.09. The largest absolute Gasteiger partial charge is 0.389 e. The van der Waals surface area contributed by atoms with E-state index in [2.05, 4.69) is 33.4 Å². The lowest BCUT2D eigenvalue weighted by Gasteiger charge is -2.14. The van der Waals surface area contributed by atoms with Crippen LogP contribution >= 0.6 is 28.1 Å². The summed E-state index contributed by atoms with van der Waals surface area (Å²) in [7, 11) is 1.71. The Morgan fingerprint density at radius 3 is 2.67 bits per heavy atom. The Balaban J connectivity index is 2.24. The van der Waals surface area contributed by atoms with Gasteiger partial charge in [0.2, 0.25) is 0 Å². The van der Waals surface area contributed by atoms with E-state index in [4.69, 9.17) is 22.7 Å². The average molecular weight is 365 g/mol. The molecule has 2 rings (SSSR count). The minimum absolute atomic E-state index is 0.391. The molecule has 2 aromatic rings. The first-order chi connectivity index (χ1) is 10.1. The van der Waals surface area contributed by atoms with E-state index in [1.165, 1.54) is 5.56 Å². The number of para-hydroxylation sites is 1. The SMILES string of the molecule is COCCc1ccccc1Nc1ccc(C(N)=S)cc1Br. The average Bonchev–Trinajstić information content (AvgIpc) is 2.48. The van der Waals surface area contributed by atoms with Crippen LogP contribution in [0.5, 0.6) is 0 Å². The third-order valence-corrected chi connectivity index (χ3v) is 4.01. The molecule has 0 aliphatic rings. The molecule has 110 valence electrons. The highest BCUT2D eigenvalue weighted by Crippen LogP contribution is 2.28. The van der Waals surface area contributed by atoms with Crippen LogP contribution in [-0.2, 0) is 11.2 Å². The number of nitrogens with two attached hydrogens (primary N) is 1. The van der Waals surface area contributed by atoms with Gasteiger partial charge >= 0.3 is 0 Å². The van der Waals surface area contributed by atoms with Gasteiger partial charge in [-0.3, -0.25) is 0 Å². The van der Waals surface area contributed by atoms with E-state index >= 15 is 0 Å². The van der Waals surface area contributed by atoms with E-state index in [1.54, 1.807) is 7.11 Å². The molecule has 0 spiro atoms. The summed E-state index contributed by atoms with van der Waals surface area (Å²) in [6, 6.07) is 14.0. The minimum Gasteiger partial charge on any atom is -0.389 e. The van der Waals surface area contributed by atoms with Crippen molar-refractivity contribution < 1.29 is 4.74 Å². The van der Waals surface area contributed by atoms with Crippen LogP contribution in [0.3, 0.4) is 0 Å². The second-order valence-electron chi connectivity index (χ2n) is 4.58. The van der Waals surface area contributed by atoms with Gasteiger partial charge in [0.25, 0.3) is 0 Å². The Morgan fingerprint density at radius 1 is 1.24 bits per heavy atom. The van der Waals surface area contributed by atoms with Crippen molar-refractivity contribution >= 4 is 44.5 Å². The molecule has 21 heavy (non-hydrogen) atoms. The maximum atomic E-state index is 5.64. The van der Waals surface area contributed by atoms with Gasteiger partial charge in [0.15, 0.2) is 0 Å². The highest BCUT2D eigenvalue weighted by Gasteiger charge is 2.06. The molecule has 0 aliphatic heterocycles. The Kier molecular flexibility index (Phi) is 5.73. The van der Waals surface area contributed by atoms with E-state index in [1.807, 2.05) is 30.3 Å². The molecule has 0 aliphatic carbocycles. The molecular formula is C16H17BrN2OS. The summed E-state index contributed by atoms with van der Waals surface area (Å²) < 4.78 is 6.08. The smallest absolute Gasteiger partial charge is 0.104 e. The van der Waals surface area contributed by atoms with Crippen LogP contribution in [0.4, 0.5) is 11.4 Å². The summed E-state index contributed by atoms with van der Waals surface area (Å²) in [6.07, 6.45) is 0.863. The lowest BCUT2D eigenvalue weighted by molar-refractivity contribution is 0.202. The van der Waals surface area contributed by atoms with E-state index in [9.17, 15) is 0 Å². The predicted octanol–water partition coefficient (Wildman–Crippen LogP) is 4.02. The molecule has 0 atom stereocenters. The van der Waals surface area contributed by atoms with Gasteiger partial charge in [-0.25, -0.2) is 0 Å². The first kappa shape index (κ1) is 15.9. The summed E-state index contributed by atoms with van der Waals surface area (Å²) in [5, 5.41) is 3.43. The Labute approximate surface area is 138 Å². The molecular weight excluding hydrogens is 348 g/mol. The number of benzene rings is 2. The van der Waals surface area contributed by atoms with Crippen molar-refractivity contribution in [3.05, 3.63) is 58.1 Å². The van der Waals surface area contributed by atoms with Crippen molar-refractivity contribution in [2.45, 2.75) is 6.42 Å². The van der Waals surface area contributed by atoms with Gasteiger partial charge in [-0.15, -0.1) is 0 Å². The number of hydrogen-bond donors (Lipinski definition) is 2. The highest BCUT2D eigenvalue weighted by atomic mass is 79.9. The molecule has 2 aromatic carbocycles.